The van der Waals surface area contributed by atoms with Crippen molar-refractivity contribution in [3.63, 3.8) is 0 Å². The maximum atomic E-state index is 6.05. The molecule has 1 heterocycles. The van der Waals surface area contributed by atoms with Crippen LogP contribution in [0.2, 0.25) is 0 Å². The lowest BCUT2D eigenvalue weighted by Crippen LogP contribution is -2.32. The molecule has 1 aliphatic rings. The lowest BCUT2D eigenvalue weighted by Gasteiger charge is -2.27. The van der Waals surface area contributed by atoms with Gasteiger partial charge in [0.25, 0.3) is 0 Å². The summed E-state index contributed by atoms with van der Waals surface area (Å²) >= 11 is 0. The van der Waals surface area contributed by atoms with Gasteiger partial charge in [0, 0.05) is 6.42 Å². The summed E-state index contributed by atoms with van der Waals surface area (Å²) in [5, 5.41) is 3.45. The molecule has 104 valence electrons. The summed E-state index contributed by atoms with van der Waals surface area (Å²) in [5.74, 6) is 1.83. The third-order valence-corrected chi connectivity index (χ3v) is 3.57. The first-order chi connectivity index (χ1) is 9.74. The SMILES string of the molecule is COc1ccc(CC2CNc3cc(C)ccc3O2)cc1. The van der Waals surface area contributed by atoms with Gasteiger partial charge >= 0.3 is 0 Å². The van der Waals surface area contributed by atoms with Crippen molar-refractivity contribution in [2.24, 2.45) is 0 Å². The van der Waals surface area contributed by atoms with Gasteiger partial charge in [-0.05, 0) is 42.3 Å². The maximum Gasteiger partial charge on any atom is 0.142 e. The van der Waals surface area contributed by atoms with Gasteiger partial charge in [-0.15, -0.1) is 0 Å². The van der Waals surface area contributed by atoms with Crippen molar-refractivity contribution in [2.75, 3.05) is 19.0 Å². The molecule has 2 aromatic rings. The van der Waals surface area contributed by atoms with Crippen LogP contribution in [-0.2, 0) is 6.42 Å². The zero-order valence-corrected chi connectivity index (χ0v) is 11.8. The van der Waals surface area contributed by atoms with E-state index in [1.165, 1.54) is 11.1 Å². The summed E-state index contributed by atoms with van der Waals surface area (Å²) < 4.78 is 11.2. The number of ether oxygens (including phenoxy) is 2. The molecule has 1 atom stereocenters. The Morgan fingerprint density at radius 1 is 1.20 bits per heavy atom. The minimum Gasteiger partial charge on any atom is -0.497 e. The van der Waals surface area contributed by atoms with Crippen molar-refractivity contribution in [3.05, 3.63) is 53.6 Å². The van der Waals surface area contributed by atoms with E-state index < -0.39 is 0 Å². The van der Waals surface area contributed by atoms with Gasteiger partial charge in [0.15, 0.2) is 0 Å². The first-order valence-electron chi connectivity index (χ1n) is 6.89. The molecule has 0 saturated heterocycles. The van der Waals surface area contributed by atoms with Crippen molar-refractivity contribution in [1.29, 1.82) is 0 Å². The predicted octanol–water partition coefficient (Wildman–Crippen LogP) is 3.42. The van der Waals surface area contributed by atoms with E-state index in [0.717, 1.165) is 30.2 Å². The van der Waals surface area contributed by atoms with E-state index in [0.29, 0.717) is 0 Å². The molecule has 0 aromatic heterocycles. The van der Waals surface area contributed by atoms with Gasteiger partial charge in [0.2, 0.25) is 0 Å². The smallest absolute Gasteiger partial charge is 0.142 e. The van der Waals surface area contributed by atoms with Crippen LogP contribution in [0.3, 0.4) is 0 Å². The Morgan fingerprint density at radius 2 is 2.00 bits per heavy atom. The lowest BCUT2D eigenvalue weighted by atomic mass is 10.1. The number of hydrogen-bond donors (Lipinski definition) is 1. The number of nitrogens with one attached hydrogen (secondary N) is 1. The second kappa shape index (κ2) is 5.45. The standard InChI is InChI=1S/C17H19NO2/c1-12-3-8-17-16(9-12)18-11-15(20-17)10-13-4-6-14(19-2)7-5-13/h3-9,15,18H,10-11H2,1-2H3. The molecule has 3 heteroatoms. The summed E-state index contributed by atoms with van der Waals surface area (Å²) in [6.45, 7) is 2.92. The van der Waals surface area contributed by atoms with Gasteiger partial charge < -0.3 is 14.8 Å². The molecule has 0 spiro atoms. The van der Waals surface area contributed by atoms with Crippen LogP contribution in [0, 0.1) is 6.92 Å². The van der Waals surface area contributed by atoms with Crippen LogP contribution < -0.4 is 14.8 Å². The summed E-state index contributed by atoms with van der Waals surface area (Å²) in [7, 11) is 1.68. The molecular weight excluding hydrogens is 250 g/mol. The lowest BCUT2D eigenvalue weighted by molar-refractivity contribution is 0.206. The van der Waals surface area contributed by atoms with Gasteiger partial charge in [-0.1, -0.05) is 18.2 Å². The van der Waals surface area contributed by atoms with Gasteiger partial charge in [-0.3, -0.25) is 0 Å². The van der Waals surface area contributed by atoms with E-state index in [1.807, 2.05) is 18.2 Å². The zero-order chi connectivity index (χ0) is 13.9. The van der Waals surface area contributed by atoms with Crippen molar-refractivity contribution in [2.45, 2.75) is 19.4 Å². The quantitative estimate of drug-likeness (QED) is 0.926. The molecule has 1 unspecified atom stereocenters. The van der Waals surface area contributed by atoms with Crippen LogP contribution >= 0.6 is 0 Å². The number of fused-ring (bicyclic) bond motifs is 1. The van der Waals surface area contributed by atoms with E-state index in [1.54, 1.807) is 7.11 Å². The maximum absolute atomic E-state index is 6.05. The molecule has 0 saturated carbocycles. The highest BCUT2D eigenvalue weighted by Crippen LogP contribution is 2.30. The highest BCUT2D eigenvalue weighted by atomic mass is 16.5. The number of rotatable bonds is 3. The Balaban J connectivity index is 1.69. The van der Waals surface area contributed by atoms with Crippen molar-refractivity contribution in [3.8, 4) is 11.5 Å². The Morgan fingerprint density at radius 3 is 2.75 bits per heavy atom. The van der Waals surface area contributed by atoms with E-state index >= 15 is 0 Å². The highest BCUT2D eigenvalue weighted by molar-refractivity contribution is 5.59. The van der Waals surface area contributed by atoms with E-state index in [-0.39, 0.29) is 6.10 Å². The zero-order valence-electron chi connectivity index (χ0n) is 11.8. The van der Waals surface area contributed by atoms with Gasteiger partial charge in [-0.2, -0.15) is 0 Å². The second-order valence-electron chi connectivity index (χ2n) is 5.17. The van der Waals surface area contributed by atoms with Crippen LogP contribution in [-0.4, -0.2) is 19.8 Å². The minimum atomic E-state index is 0.165. The third kappa shape index (κ3) is 2.72. The normalized spacial score (nSPS) is 16.8. The predicted molar refractivity (Wildman–Crippen MR) is 80.8 cm³/mol. The summed E-state index contributed by atoms with van der Waals surface area (Å²) in [5.41, 5.74) is 3.59. The summed E-state index contributed by atoms with van der Waals surface area (Å²) in [6.07, 6.45) is 1.06. The molecule has 1 N–H and O–H groups in total. The number of benzene rings is 2. The molecule has 0 aliphatic carbocycles. The molecule has 0 bridgehead atoms. The van der Waals surface area contributed by atoms with Crippen LogP contribution in [0.1, 0.15) is 11.1 Å². The van der Waals surface area contributed by atoms with Gasteiger partial charge in [0.1, 0.15) is 17.6 Å². The molecule has 3 rings (SSSR count). The number of methoxy groups -OCH3 is 1. The van der Waals surface area contributed by atoms with Crippen LogP contribution in [0.25, 0.3) is 0 Å². The molecule has 2 aromatic carbocycles. The summed E-state index contributed by atoms with van der Waals surface area (Å²) in [4.78, 5) is 0. The largest absolute Gasteiger partial charge is 0.497 e. The Labute approximate surface area is 119 Å². The Bertz CT molecular complexity index is 592. The molecule has 1 aliphatic heterocycles. The molecular formula is C17H19NO2. The molecule has 0 radical (unpaired) electrons. The van der Waals surface area contributed by atoms with Crippen LogP contribution in [0.5, 0.6) is 11.5 Å². The molecule has 0 amide bonds. The van der Waals surface area contributed by atoms with Crippen molar-refractivity contribution >= 4 is 5.69 Å². The van der Waals surface area contributed by atoms with Crippen molar-refractivity contribution < 1.29 is 9.47 Å². The Kier molecular flexibility index (Phi) is 3.50. The fraction of sp³-hybridized carbons (Fsp3) is 0.294. The number of aryl methyl sites for hydroxylation is 1. The molecule has 0 fully saturated rings. The molecule has 3 nitrogen and oxygen atoms in total. The first kappa shape index (κ1) is 12.9. The monoisotopic (exact) mass is 269 g/mol. The minimum absolute atomic E-state index is 0.165. The fourth-order valence-corrected chi connectivity index (χ4v) is 2.47. The third-order valence-electron chi connectivity index (χ3n) is 3.57. The van der Waals surface area contributed by atoms with Crippen LogP contribution in [0.15, 0.2) is 42.5 Å². The van der Waals surface area contributed by atoms with Gasteiger partial charge in [-0.25, -0.2) is 0 Å². The average molecular weight is 269 g/mol. The second-order valence-corrected chi connectivity index (χ2v) is 5.17. The van der Waals surface area contributed by atoms with E-state index in [2.05, 4.69) is 36.5 Å². The average Bonchev–Trinajstić information content (AvgIpc) is 2.48. The first-order valence-corrected chi connectivity index (χ1v) is 6.89. The highest BCUT2D eigenvalue weighted by Gasteiger charge is 2.19. The molecule has 20 heavy (non-hydrogen) atoms. The number of anilines is 1. The fourth-order valence-electron chi connectivity index (χ4n) is 2.47. The van der Waals surface area contributed by atoms with E-state index in [9.17, 15) is 0 Å². The van der Waals surface area contributed by atoms with Crippen LogP contribution in [0.4, 0.5) is 5.69 Å². The van der Waals surface area contributed by atoms with Gasteiger partial charge in [0.05, 0.1) is 19.3 Å². The van der Waals surface area contributed by atoms with E-state index in [4.69, 9.17) is 9.47 Å². The summed E-state index contributed by atoms with van der Waals surface area (Å²) in [6, 6.07) is 14.4. The Hall–Kier alpha value is -2.16. The topological polar surface area (TPSA) is 30.5 Å². The van der Waals surface area contributed by atoms with Crippen molar-refractivity contribution in [1.82, 2.24) is 0 Å². The number of hydrogen-bond acceptors (Lipinski definition) is 3.